The monoisotopic (exact) mass is 296 g/mol. The first-order valence-electron chi connectivity index (χ1n) is 7.00. The highest BCUT2D eigenvalue weighted by Gasteiger charge is 2.21. The van der Waals surface area contributed by atoms with Crippen LogP contribution in [0.5, 0.6) is 0 Å². The molecule has 0 radical (unpaired) electrons. The van der Waals surface area contributed by atoms with Crippen molar-refractivity contribution < 1.29 is 9.90 Å². The number of piperidine rings is 1. The highest BCUT2D eigenvalue weighted by molar-refractivity contribution is 6.30. The van der Waals surface area contributed by atoms with Crippen LogP contribution in [0.25, 0.3) is 0 Å². The van der Waals surface area contributed by atoms with Crippen LogP contribution in [-0.2, 0) is 11.3 Å². The molecule has 1 atom stereocenters. The van der Waals surface area contributed by atoms with Gasteiger partial charge in [0.1, 0.15) is 6.10 Å². The standard InChI is InChI=1S/C15H21ClN2O2/c1-11(19)15(20)17-14-6-8-18(9-7-14)10-12-2-4-13(16)5-3-12/h2-5,11,14,19H,6-10H2,1H3,(H,17,20). The Balaban J connectivity index is 1.77. The van der Waals surface area contributed by atoms with Crippen molar-refractivity contribution in [2.24, 2.45) is 0 Å². The van der Waals surface area contributed by atoms with E-state index >= 15 is 0 Å². The fourth-order valence-electron chi connectivity index (χ4n) is 2.41. The second-order valence-corrected chi connectivity index (χ2v) is 5.80. The SMILES string of the molecule is CC(O)C(=O)NC1CCN(Cc2ccc(Cl)cc2)CC1. The zero-order chi connectivity index (χ0) is 14.5. The normalized spacial score (nSPS) is 18.8. The molecule has 5 heteroatoms. The zero-order valence-corrected chi connectivity index (χ0v) is 12.4. The zero-order valence-electron chi connectivity index (χ0n) is 11.7. The van der Waals surface area contributed by atoms with E-state index in [-0.39, 0.29) is 11.9 Å². The average molecular weight is 297 g/mol. The number of nitrogens with zero attached hydrogens (tertiary/aromatic N) is 1. The maximum atomic E-state index is 11.4. The van der Waals surface area contributed by atoms with Gasteiger partial charge in [-0.05, 0) is 37.5 Å². The molecule has 2 rings (SSSR count). The lowest BCUT2D eigenvalue weighted by Crippen LogP contribution is -2.46. The highest BCUT2D eigenvalue weighted by Crippen LogP contribution is 2.16. The maximum absolute atomic E-state index is 11.4. The number of carbonyl (C=O) groups excluding carboxylic acids is 1. The third-order valence-corrected chi connectivity index (χ3v) is 3.88. The van der Waals surface area contributed by atoms with Crippen LogP contribution in [0.15, 0.2) is 24.3 Å². The van der Waals surface area contributed by atoms with Crippen LogP contribution in [-0.4, -0.2) is 41.1 Å². The van der Waals surface area contributed by atoms with E-state index in [4.69, 9.17) is 11.6 Å². The van der Waals surface area contributed by atoms with E-state index in [1.54, 1.807) is 0 Å². The van der Waals surface area contributed by atoms with Crippen LogP contribution in [0.3, 0.4) is 0 Å². The Bertz CT molecular complexity index is 440. The molecule has 1 aliphatic heterocycles. The summed E-state index contributed by atoms with van der Waals surface area (Å²) in [7, 11) is 0. The van der Waals surface area contributed by atoms with Crippen molar-refractivity contribution >= 4 is 17.5 Å². The summed E-state index contributed by atoms with van der Waals surface area (Å²) < 4.78 is 0. The van der Waals surface area contributed by atoms with Gasteiger partial charge >= 0.3 is 0 Å². The number of rotatable bonds is 4. The fourth-order valence-corrected chi connectivity index (χ4v) is 2.53. The van der Waals surface area contributed by atoms with Gasteiger partial charge in [-0.2, -0.15) is 0 Å². The fraction of sp³-hybridized carbons (Fsp3) is 0.533. The summed E-state index contributed by atoms with van der Waals surface area (Å²) in [6, 6.07) is 8.09. The largest absolute Gasteiger partial charge is 0.384 e. The molecule has 1 aromatic carbocycles. The molecule has 1 unspecified atom stereocenters. The molecular formula is C15H21ClN2O2. The Morgan fingerprint density at radius 3 is 2.55 bits per heavy atom. The molecular weight excluding hydrogens is 276 g/mol. The summed E-state index contributed by atoms with van der Waals surface area (Å²) in [5.74, 6) is -0.277. The summed E-state index contributed by atoms with van der Waals surface area (Å²) in [5.41, 5.74) is 1.25. The lowest BCUT2D eigenvalue weighted by Gasteiger charge is -2.32. The minimum absolute atomic E-state index is 0.179. The van der Waals surface area contributed by atoms with E-state index in [0.29, 0.717) is 0 Å². The van der Waals surface area contributed by atoms with Gasteiger partial charge in [-0.3, -0.25) is 9.69 Å². The van der Waals surface area contributed by atoms with Crippen molar-refractivity contribution in [3.63, 3.8) is 0 Å². The number of hydrogen-bond acceptors (Lipinski definition) is 3. The van der Waals surface area contributed by atoms with Gasteiger partial charge in [0.2, 0.25) is 5.91 Å². The van der Waals surface area contributed by atoms with Gasteiger partial charge in [0, 0.05) is 30.7 Å². The smallest absolute Gasteiger partial charge is 0.248 e. The molecule has 0 aliphatic carbocycles. The number of aliphatic hydroxyl groups is 1. The lowest BCUT2D eigenvalue weighted by atomic mass is 10.0. The molecule has 1 aromatic rings. The van der Waals surface area contributed by atoms with Crippen molar-refractivity contribution in [1.29, 1.82) is 0 Å². The van der Waals surface area contributed by atoms with E-state index in [1.165, 1.54) is 12.5 Å². The number of aliphatic hydroxyl groups excluding tert-OH is 1. The average Bonchev–Trinajstić information content (AvgIpc) is 2.43. The van der Waals surface area contributed by atoms with E-state index in [9.17, 15) is 9.90 Å². The Morgan fingerprint density at radius 2 is 2.00 bits per heavy atom. The molecule has 1 aliphatic rings. The van der Waals surface area contributed by atoms with Crippen molar-refractivity contribution in [2.75, 3.05) is 13.1 Å². The number of hydrogen-bond donors (Lipinski definition) is 2. The number of nitrogens with one attached hydrogen (secondary N) is 1. The molecule has 0 bridgehead atoms. The molecule has 0 saturated carbocycles. The van der Waals surface area contributed by atoms with Gasteiger partial charge in [0.05, 0.1) is 0 Å². The van der Waals surface area contributed by atoms with Gasteiger partial charge in [0.25, 0.3) is 0 Å². The van der Waals surface area contributed by atoms with Crippen LogP contribution in [0, 0.1) is 0 Å². The van der Waals surface area contributed by atoms with Crippen LogP contribution in [0.1, 0.15) is 25.3 Å². The van der Waals surface area contributed by atoms with Crippen LogP contribution >= 0.6 is 11.6 Å². The van der Waals surface area contributed by atoms with Crippen LogP contribution in [0.2, 0.25) is 5.02 Å². The number of halogens is 1. The maximum Gasteiger partial charge on any atom is 0.248 e. The molecule has 1 heterocycles. The van der Waals surface area contributed by atoms with Gasteiger partial charge in [-0.15, -0.1) is 0 Å². The van der Waals surface area contributed by atoms with Crippen LogP contribution < -0.4 is 5.32 Å². The molecule has 1 fully saturated rings. The highest BCUT2D eigenvalue weighted by atomic mass is 35.5. The van der Waals surface area contributed by atoms with E-state index in [1.807, 2.05) is 24.3 Å². The van der Waals surface area contributed by atoms with Crippen molar-refractivity contribution in [1.82, 2.24) is 10.2 Å². The topological polar surface area (TPSA) is 52.6 Å². The van der Waals surface area contributed by atoms with E-state index in [0.717, 1.165) is 37.5 Å². The number of carbonyl (C=O) groups is 1. The Hall–Kier alpha value is -1.10. The first kappa shape index (κ1) is 15.3. The lowest BCUT2D eigenvalue weighted by molar-refractivity contribution is -0.129. The molecule has 0 aromatic heterocycles. The van der Waals surface area contributed by atoms with Gasteiger partial charge in [0.15, 0.2) is 0 Å². The third-order valence-electron chi connectivity index (χ3n) is 3.63. The van der Waals surface area contributed by atoms with E-state index in [2.05, 4.69) is 10.2 Å². The van der Waals surface area contributed by atoms with Crippen LogP contribution in [0.4, 0.5) is 0 Å². The second kappa shape index (κ2) is 7.07. The first-order valence-corrected chi connectivity index (χ1v) is 7.37. The molecule has 1 amide bonds. The summed E-state index contributed by atoms with van der Waals surface area (Å²) >= 11 is 5.87. The third kappa shape index (κ3) is 4.47. The Labute approximate surface area is 124 Å². The van der Waals surface area contributed by atoms with E-state index < -0.39 is 6.10 Å². The molecule has 4 nitrogen and oxygen atoms in total. The molecule has 2 N–H and O–H groups in total. The summed E-state index contributed by atoms with van der Waals surface area (Å²) in [4.78, 5) is 13.8. The minimum Gasteiger partial charge on any atom is -0.384 e. The second-order valence-electron chi connectivity index (χ2n) is 5.36. The summed E-state index contributed by atoms with van der Waals surface area (Å²) in [6.45, 7) is 4.31. The Morgan fingerprint density at radius 1 is 1.40 bits per heavy atom. The molecule has 20 heavy (non-hydrogen) atoms. The van der Waals surface area contributed by atoms with Crippen molar-refractivity contribution in [3.8, 4) is 0 Å². The predicted octanol–water partition coefficient (Wildman–Crippen LogP) is 1.80. The quantitative estimate of drug-likeness (QED) is 0.891. The minimum atomic E-state index is -0.929. The molecule has 110 valence electrons. The van der Waals surface area contributed by atoms with Crippen molar-refractivity contribution in [2.45, 2.75) is 38.5 Å². The molecule has 1 saturated heterocycles. The van der Waals surface area contributed by atoms with Crippen molar-refractivity contribution in [3.05, 3.63) is 34.9 Å². The van der Waals surface area contributed by atoms with Gasteiger partial charge in [-0.25, -0.2) is 0 Å². The number of amides is 1. The summed E-state index contributed by atoms with van der Waals surface area (Å²) in [5, 5.41) is 12.8. The number of likely N-dealkylation sites (tertiary alicyclic amines) is 1. The predicted molar refractivity (Wildman–Crippen MR) is 79.6 cm³/mol. The number of benzene rings is 1. The van der Waals surface area contributed by atoms with Gasteiger partial charge < -0.3 is 10.4 Å². The molecule has 0 spiro atoms. The Kier molecular flexibility index (Phi) is 5.40. The van der Waals surface area contributed by atoms with Gasteiger partial charge in [-0.1, -0.05) is 23.7 Å². The first-order chi connectivity index (χ1) is 9.54. The summed E-state index contributed by atoms with van der Waals surface area (Å²) in [6.07, 6.45) is 0.917.